The zero-order valence-electron chi connectivity index (χ0n) is 9.26. The van der Waals surface area contributed by atoms with Crippen LogP contribution < -0.4 is 0 Å². The Morgan fingerprint density at radius 1 is 1.15 bits per heavy atom. The molecule has 0 aliphatic heterocycles. The highest BCUT2D eigenvalue weighted by atomic mass is 15.3. The molecule has 0 spiro atoms. The monoisotopic (exact) mass is 181 g/mol. The van der Waals surface area contributed by atoms with Gasteiger partial charge in [-0.1, -0.05) is 13.3 Å². The second-order valence-corrected chi connectivity index (χ2v) is 3.45. The molecule has 0 aromatic heterocycles. The van der Waals surface area contributed by atoms with Gasteiger partial charge in [-0.2, -0.15) is 5.26 Å². The number of rotatable bonds is 4. The lowest BCUT2D eigenvalue weighted by atomic mass is 10.1. The smallest absolute Gasteiger partial charge is 0.117 e. The molecular weight excluding hydrogens is 162 g/mol. The standard InChI is InChI=1S/C10H19N3/c1-6-7-9(8-11)10(12(2)3)13(4)5/h6-7H2,1-5H3. The van der Waals surface area contributed by atoms with Crippen LogP contribution in [0.5, 0.6) is 0 Å². The Morgan fingerprint density at radius 3 is 1.85 bits per heavy atom. The van der Waals surface area contributed by atoms with Crippen LogP contribution in [0.15, 0.2) is 11.4 Å². The number of allylic oxidation sites excluding steroid dienone is 1. The molecule has 0 radical (unpaired) electrons. The van der Waals surface area contributed by atoms with E-state index in [2.05, 4.69) is 13.0 Å². The van der Waals surface area contributed by atoms with Crippen LogP contribution in [0.3, 0.4) is 0 Å². The quantitative estimate of drug-likeness (QED) is 0.618. The van der Waals surface area contributed by atoms with E-state index in [1.54, 1.807) is 0 Å². The summed E-state index contributed by atoms with van der Waals surface area (Å²) in [5.74, 6) is 1.00. The minimum atomic E-state index is 0.849. The van der Waals surface area contributed by atoms with Crippen LogP contribution in [0.2, 0.25) is 0 Å². The van der Waals surface area contributed by atoms with Gasteiger partial charge in [-0.15, -0.1) is 0 Å². The van der Waals surface area contributed by atoms with Crippen molar-refractivity contribution < 1.29 is 0 Å². The van der Waals surface area contributed by atoms with Gasteiger partial charge >= 0.3 is 0 Å². The van der Waals surface area contributed by atoms with E-state index in [4.69, 9.17) is 5.26 Å². The SMILES string of the molecule is CCCC(C#N)=C(N(C)C)N(C)C. The number of nitrogens with zero attached hydrogens (tertiary/aromatic N) is 3. The third kappa shape index (κ3) is 3.37. The van der Waals surface area contributed by atoms with Gasteiger partial charge in [0.05, 0.1) is 11.6 Å². The second kappa shape index (κ2) is 5.47. The summed E-state index contributed by atoms with van der Waals surface area (Å²) in [6.07, 6.45) is 1.86. The first-order chi connectivity index (χ1) is 6.04. The first-order valence-corrected chi connectivity index (χ1v) is 4.52. The maximum Gasteiger partial charge on any atom is 0.117 e. The van der Waals surface area contributed by atoms with E-state index >= 15 is 0 Å². The highest BCUT2D eigenvalue weighted by Gasteiger charge is 2.09. The molecule has 0 aromatic carbocycles. The number of hydrogen-bond acceptors (Lipinski definition) is 3. The predicted molar refractivity (Wildman–Crippen MR) is 54.9 cm³/mol. The molecule has 3 nitrogen and oxygen atoms in total. The van der Waals surface area contributed by atoms with Crippen LogP contribution in [0.1, 0.15) is 19.8 Å². The third-order valence-electron chi connectivity index (χ3n) is 1.75. The molecule has 3 heteroatoms. The maximum absolute atomic E-state index is 8.96. The van der Waals surface area contributed by atoms with Crippen LogP contribution in [-0.2, 0) is 0 Å². The Bertz CT molecular complexity index is 211. The molecule has 0 bridgehead atoms. The molecule has 0 aliphatic carbocycles. The fraction of sp³-hybridized carbons (Fsp3) is 0.700. The highest BCUT2D eigenvalue weighted by molar-refractivity contribution is 5.25. The van der Waals surface area contributed by atoms with Crippen molar-refractivity contribution in [1.29, 1.82) is 5.26 Å². The molecule has 0 aromatic rings. The molecule has 0 saturated heterocycles. The van der Waals surface area contributed by atoms with Crippen molar-refractivity contribution in [2.45, 2.75) is 19.8 Å². The summed E-state index contributed by atoms with van der Waals surface area (Å²) >= 11 is 0. The average molecular weight is 181 g/mol. The topological polar surface area (TPSA) is 30.3 Å². The van der Waals surface area contributed by atoms with Gasteiger partial charge in [0, 0.05) is 28.2 Å². The zero-order chi connectivity index (χ0) is 10.4. The van der Waals surface area contributed by atoms with E-state index in [9.17, 15) is 0 Å². The van der Waals surface area contributed by atoms with E-state index in [1.807, 2.05) is 38.0 Å². The van der Waals surface area contributed by atoms with Crippen LogP contribution in [-0.4, -0.2) is 38.0 Å². The minimum absolute atomic E-state index is 0.849. The van der Waals surface area contributed by atoms with E-state index in [-0.39, 0.29) is 0 Å². The van der Waals surface area contributed by atoms with Crippen LogP contribution in [0.25, 0.3) is 0 Å². The van der Waals surface area contributed by atoms with E-state index < -0.39 is 0 Å². The fourth-order valence-electron chi connectivity index (χ4n) is 1.41. The first kappa shape index (κ1) is 11.8. The van der Waals surface area contributed by atoms with Gasteiger partial charge < -0.3 is 9.80 Å². The Balaban J connectivity index is 4.92. The first-order valence-electron chi connectivity index (χ1n) is 4.52. The van der Waals surface area contributed by atoms with Gasteiger partial charge in [0.2, 0.25) is 0 Å². The molecule has 0 saturated carbocycles. The lowest BCUT2D eigenvalue weighted by Gasteiger charge is -2.26. The van der Waals surface area contributed by atoms with Gasteiger partial charge in [0.15, 0.2) is 0 Å². The van der Waals surface area contributed by atoms with Crippen molar-refractivity contribution in [2.75, 3.05) is 28.2 Å². The molecule has 0 rings (SSSR count). The predicted octanol–water partition coefficient (Wildman–Crippen LogP) is 1.64. The molecule has 0 amide bonds. The van der Waals surface area contributed by atoms with Crippen molar-refractivity contribution in [1.82, 2.24) is 9.80 Å². The largest absolute Gasteiger partial charge is 0.364 e. The van der Waals surface area contributed by atoms with Crippen LogP contribution in [0.4, 0.5) is 0 Å². The van der Waals surface area contributed by atoms with Crippen molar-refractivity contribution >= 4 is 0 Å². The molecule has 0 unspecified atom stereocenters. The van der Waals surface area contributed by atoms with Crippen molar-refractivity contribution in [2.24, 2.45) is 0 Å². The summed E-state index contributed by atoms with van der Waals surface area (Å²) in [5.41, 5.74) is 0.859. The number of nitriles is 1. The van der Waals surface area contributed by atoms with E-state index in [0.29, 0.717) is 0 Å². The summed E-state index contributed by atoms with van der Waals surface area (Å²) in [4.78, 5) is 3.96. The van der Waals surface area contributed by atoms with Gasteiger partial charge in [0.25, 0.3) is 0 Å². The summed E-state index contributed by atoms with van der Waals surface area (Å²) in [6.45, 7) is 2.08. The fourth-order valence-corrected chi connectivity index (χ4v) is 1.41. The average Bonchev–Trinajstić information content (AvgIpc) is 2.02. The summed E-state index contributed by atoms with van der Waals surface area (Å²) < 4.78 is 0. The van der Waals surface area contributed by atoms with Crippen LogP contribution >= 0.6 is 0 Å². The molecule has 0 aliphatic rings. The van der Waals surface area contributed by atoms with E-state index in [0.717, 1.165) is 24.2 Å². The summed E-state index contributed by atoms with van der Waals surface area (Å²) in [6, 6.07) is 2.26. The van der Waals surface area contributed by atoms with Crippen molar-refractivity contribution in [3.63, 3.8) is 0 Å². The molecule has 0 N–H and O–H groups in total. The second-order valence-electron chi connectivity index (χ2n) is 3.45. The Labute approximate surface area is 81.2 Å². The Kier molecular flexibility index (Phi) is 4.98. The van der Waals surface area contributed by atoms with Gasteiger partial charge in [-0.25, -0.2) is 0 Å². The number of hydrogen-bond donors (Lipinski definition) is 0. The zero-order valence-corrected chi connectivity index (χ0v) is 9.26. The summed E-state index contributed by atoms with van der Waals surface area (Å²) in [5, 5.41) is 8.96. The van der Waals surface area contributed by atoms with E-state index in [1.165, 1.54) is 0 Å². The molecule has 0 atom stereocenters. The summed E-state index contributed by atoms with van der Waals surface area (Å²) in [7, 11) is 7.84. The molecular formula is C10H19N3. The Morgan fingerprint density at radius 2 is 1.62 bits per heavy atom. The normalized spacial score (nSPS) is 8.92. The maximum atomic E-state index is 8.96. The van der Waals surface area contributed by atoms with Crippen molar-refractivity contribution in [3.8, 4) is 6.07 Å². The molecule has 0 heterocycles. The molecule has 74 valence electrons. The third-order valence-corrected chi connectivity index (χ3v) is 1.75. The van der Waals surface area contributed by atoms with Crippen LogP contribution in [0, 0.1) is 11.3 Å². The van der Waals surface area contributed by atoms with Crippen molar-refractivity contribution in [3.05, 3.63) is 11.4 Å². The van der Waals surface area contributed by atoms with Gasteiger partial charge in [-0.05, 0) is 6.42 Å². The van der Waals surface area contributed by atoms with Gasteiger partial charge in [0.1, 0.15) is 5.82 Å². The lowest BCUT2D eigenvalue weighted by Crippen LogP contribution is -2.26. The minimum Gasteiger partial charge on any atom is -0.364 e. The Hall–Kier alpha value is -1.17. The lowest BCUT2D eigenvalue weighted by molar-refractivity contribution is 0.336. The highest BCUT2D eigenvalue weighted by Crippen LogP contribution is 2.13. The molecule has 0 fully saturated rings. The molecule has 13 heavy (non-hydrogen) atoms. The van der Waals surface area contributed by atoms with Gasteiger partial charge in [-0.3, -0.25) is 0 Å².